The number of halogens is 1. The maximum atomic E-state index is 12.8. The summed E-state index contributed by atoms with van der Waals surface area (Å²) < 4.78 is 15.9. The molecule has 0 bridgehead atoms. The monoisotopic (exact) mass is 485 g/mol. The summed E-state index contributed by atoms with van der Waals surface area (Å²) in [6, 6.07) is 12.8. The van der Waals surface area contributed by atoms with Gasteiger partial charge in [-0.2, -0.15) is 0 Å². The van der Waals surface area contributed by atoms with Gasteiger partial charge in [0.05, 0.1) is 13.2 Å². The number of carbonyl (C=O) groups is 2. The highest BCUT2D eigenvalue weighted by molar-refractivity contribution is 6.31. The maximum Gasteiger partial charge on any atom is 0.410 e. The van der Waals surface area contributed by atoms with Crippen LogP contribution in [0.15, 0.2) is 42.5 Å². The molecule has 0 spiro atoms. The molecule has 34 heavy (non-hydrogen) atoms. The predicted molar refractivity (Wildman–Crippen MR) is 129 cm³/mol. The lowest BCUT2D eigenvalue weighted by Crippen LogP contribution is -2.41. The molecular formula is C25H28ClN3O5. The lowest BCUT2D eigenvalue weighted by molar-refractivity contribution is -0.123. The molecule has 9 heteroatoms. The van der Waals surface area contributed by atoms with Crippen molar-refractivity contribution >= 4 is 34.5 Å². The second-order valence-electron chi connectivity index (χ2n) is 7.95. The van der Waals surface area contributed by atoms with Gasteiger partial charge in [-0.25, -0.2) is 4.79 Å². The first-order valence-electron chi connectivity index (χ1n) is 11.2. The number of hydrogen-bond donors (Lipinski definition) is 2. The van der Waals surface area contributed by atoms with Crippen molar-refractivity contribution < 1.29 is 23.8 Å². The van der Waals surface area contributed by atoms with E-state index < -0.39 is 0 Å². The fraction of sp³-hybridized carbons (Fsp3) is 0.360. The number of ether oxygens (including phenoxy) is 3. The Hall–Kier alpha value is -3.23. The molecule has 0 radical (unpaired) electrons. The number of carbonyl (C=O) groups excluding carboxylic acids is 2. The number of H-pyrrole nitrogens is 1. The van der Waals surface area contributed by atoms with Crippen molar-refractivity contribution in [2.75, 3.05) is 40.0 Å². The molecule has 1 unspecified atom stereocenters. The molecule has 3 aromatic rings. The minimum Gasteiger partial charge on any atom is -0.484 e. The smallest absolute Gasteiger partial charge is 0.410 e. The number of rotatable bonds is 8. The van der Waals surface area contributed by atoms with Crippen molar-refractivity contribution in [1.29, 1.82) is 0 Å². The molecular weight excluding hydrogens is 458 g/mol. The second-order valence-corrected chi connectivity index (χ2v) is 8.39. The minimum atomic E-state index is -0.358. The summed E-state index contributed by atoms with van der Waals surface area (Å²) in [6.45, 7) is 3.41. The molecule has 0 saturated heterocycles. The number of fused-ring (bicyclic) bond motifs is 3. The van der Waals surface area contributed by atoms with Crippen molar-refractivity contribution in [2.45, 2.75) is 19.4 Å². The zero-order valence-corrected chi connectivity index (χ0v) is 20.0. The quantitative estimate of drug-likeness (QED) is 0.469. The van der Waals surface area contributed by atoms with Crippen LogP contribution in [0.3, 0.4) is 0 Å². The Balaban J connectivity index is 1.59. The molecule has 1 atom stereocenters. The van der Waals surface area contributed by atoms with Crippen molar-refractivity contribution in [1.82, 2.24) is 15.2 Å². The van der Waals surface area contributed by atoms with Crippen molar-refractivity contribution in [2.24, 2.45) is 0 Å². The van der Waals surface area contributed by atoms with Gasteiger partial charge in [0, 0.05) is 41.8 Å². The highest BCUT2D eigenvalue weighted by Gasteiger charge is 2.35. The first-order chi connectivity index (χ1) is 16.5. The van der Waals surface area contributed by atoms with E-state index in [2.05, 4.69) is 10.3 Å². The van der Waals surface area contributed by atoms with E-state index in [0.717, 1.165) is 27.7 Å². The van der Waals surface area contributed by atoms with Gasteiger partial charge in [-0.05, 0) is 54.8 Å². The molecule has 8 nitrogen and oxygen atoms in total. The van der Waals surface area contributed by atoms with Crippen LogP contribution in [0.25, 0.3) is 10.9 Å². The Labute approximate surface area is 203 Å². The molecule has 1 aliphatic heterocycles. The summed E-state index contributed by atoms with van der Waals surface area (Å²) in [7, 11) is 1.58. The summed E-state index contributed by atoms with van der Waals surface area (Å²) in [5.74, 6) is 0.344. The molecule has 0 fully saturated rings. The summed E-state index contributed by atoms with van der Waals surface area (Å²) in [5, 5.41) is 4.45. The fourth-order valence-corrected chi connectivity index (χ4v) is 4.42. The second kappa shape index (κ2) is 10.8. The van der Waals surface area contributed by atoms with Crippen LogP contribution < -0.4 is 10.1 Å². The normalized spacial score (nSPS) is 15.1. The number of hydrogen-bond acceptors (Lipinski definition) is 5. The van der Waals surface area contributed by atoms with Gasteiger partial charge in [0.1, 0.15) is 11.8 Å². The van der Waals surface area contributed by atoms with Crippen molar-refractivity contribution in [3.63, 3.8) is 0 Å². The molecule has 2 aromatic carbocycles. The summed E-state index contributed by atoms with van der Waals surface area (Å²) >= 11 is 6.25. The molecule has 1 aliphatic rings. The largest absolute Gasteiger partial charge is 0.484 e. The zero-order chi connectivity index (χ0) is 24.1. The van der Waals surface area contributed by atoms with Gasteiger partial charge in [0.2, 0.25) is 0 Å². The van der Waals surface area contributed by atoms with Crippen molar-refractivity contribution in [3.05, 3.63) is 64.3 Å². The lowest BCUT2D eigenvalue weighted by Gasteiger charge is -2.35. The molecule has 2 N–H and O–H groups in total. The van der Waals surface area contributed by atoms with E-state index >= 15 is 0 Å². The minimum absolute atomic E-state index is 0.0889. The third-order valence-corrected chi connectivity index (χ3v) is 6.02. The number of aromatic amines is 1. The van der Waals surface area contributed by atoms with Gasteiger partial charge in [0.25, 0.3) is 5.91 Å². The van der Waals surface area contributed by atoms with Gasteiger partial charge in [-0.1, -0.05) is 23.7 Å². The van der Waals surface area contributed by atoms with Crippen LogP contribution in [-0.2, 0) is 20.7 Å². The molecule has 180 valence electrons. The first-order valence-corrected chi connectivity index (χ1v) is 11.6. The third-order valence-electron chi connectivity index (χ3n) is 5.79. The highest BCUT2D eigenvalue weighted by Crippen LogP contribution is 2.39. The molecule has 2 heterocycles. The molecule has 2 amide bonds. The standard InChI is InChI=1S/C25H28ClN3O5/c1-3-33-25(31)29-12-10-19-20-14-17(26)6-9-21(20)28-23(19)24(29)16-4-7-18(8-5-16)34-15-22(30)27-11-13-32-2/h4-9,14,24,28H,3,10-13,15H2,1-2H3,(H,27,30). The SMILES string of the molecule is CCOC(=O)N1CCc2c([nH]c3ccc(Cl)cc23)C1c1ccc(OCC(=O)NCCOC)cc1. The molecule has 0 aliphatic carbocycles. The zero-order valence-electron chi connectivity index (χ0n) is 19.2. The average molecular weight is 486 g/mol. The van der Waals surface area contributed by atoms with E-state index in [1.807, 2.05) is 30.3 Å². The van der Waals surface area contributed by atoms with Gasteiger partial charge >= 0.3 is 6.09 Å². The van der Waals surface area contributed by atoms with E-state index in [9.17, 15) is 9.59 Å². The van der Waals surface area contributed by atoms with Crippen LogP contribution in [0, 0.1) is 0 Å². The Kier molecular flexibility index (Phi) is 7.59. The lowest BCUT2D eigenvalue weighted by atomic mass is 9.92. The van der Waals surface area contributed by atoms with Gasteiger partial charge in [0.15, 0.2) is 6.61 Å². The summed E-state index contributed by atoms with van der Waals surface area (Å²) in [4.78, 5) is 29.9. The Morgan fingerprint density at radius 3 is 2.74 bits per heavy atom. The topological polar surface area (TPSA) is 92.9 Å². The Morgan fingerprint density at radius 2 is 2.00 bits per heavy atom. The fourth-order valence-electron chi connectivity index (χ4n) is 4.25. The summed E-state index contributed by atoms with van der Waals surface area (Å²) in [5.41, 5.74) is 3.98. The van der Waals surface area contributed by atoms with E-state index in [4.69, 9.17) is 25.8 Å². The molecule has 1 aromatic heterocycles. The van der Waals surface area contributed by atoms with Crippen LogP contribution in [0.1, 0.15) is 29.8 Å². The van der Waals surface area contributed by atoms with Gasteiger partial charge in [-0.3, -0.25) is 9.69 Å². The van der Waals surface area contributed by atoms with Crippen LogP contribution in [0.2, 0.25) is 5.02 Å². The predicted octanol–water partition coefficient (Wildman–Crippen LogP) is 4.07. The summed E-state index contributed by atoms with van der Waals surface area (Å²) in [6.07, 6.45) is 0.340. The van der Waals surface area contributed by atoms with E-state index in [-0.39, 0.29) is 24.6 Å². The number of amides is 2. The van der Waals surface area contributed by atoms with E-state index in [1.165, 1.54) is 0 Å². The van der Waals surface area contributed by atoms with Crippen LogP contribution in [-0.4, -0.2) is 61.9 Å². The Morgan fingerprint density at radius 1 is 1.21 bits per heavy atom. The maximum absolute atomic E-state index is 12.8. The highest BCUT2D eigenvalue weighted by atomic mass is 35.5. The van der Waals surface area contributed by atoms with Crippen LogP contribution in [0.4, 0.5) is 4.79 Å². The van der Waals surface area contributed by atoms with Crippen molar-refractivity contribution in [3.8, 4) is 5.75 Å². The molecule has 4 rings (SSSR count). The van der Waals surface area contributed by atoms with E-state index in [1.54, 1.807) is 31.1 Å². The number of nitrogens with one attached hydrogen (secondary N) is 2. The van der Waals surface area contributed by atoms with Gasteiger partial charge < -0.3 is 24.5 Å². The number of nitrogens with zero attached hydrogens (tertiary/aromatic N) is 1. The Bertz CT molecular complexity index is 1160. The first kappa shape index (κ1) is 23.9. The van der Waals surface area contributed by atoms with Crippen LogP contribution >= 0.6 is 11.6 Å². The molecule has 0 saturated carbocycles. The third kappa shape index (κ3) is 5.13. The van der Waals surface area contributed by atoms with Crippen LogP contribution in [0.5, 0.6) is 5.75 Å². The number of aromatic nitrogens is 1. The average Bonchev–Trinajstić information content (AvgIpc) is 3.20. The van der Waals surface area contributed by atoms with Gasteiger partial charge in [-0.15, -0.1) is 0 Å². The number of methoxy groups -OCH3 is 1. The van der Waals surface area contributed by atoms with E-state index in [0.29, 0.717) is 43.5 Å². The number of benzene rings is 2.